The average Bonchev–Trinajstić information content (AvgIpc) is 3.38. The Morgan fingerprint density at radius 3 is 2.50 bits per heavy atom. The fraction of sp³-hybridized carbons (Fsp3) is 0.292. The van der Waals surface area contributed by atoms with Crippen molar-refractivity contribution in [2.24, 2.45) is 0 Å². The number of piperidine rings is 1. The van der Waals surface area contributed by atoms with Gasteiger partial charge in [0.05, 0.1) is 12.1 Å². The van der Waals surface area contributed by atoms with E-state index in [9.17, 15) is 22.8 Å². The van der Waals surface area contributed by atoms with Crippen LogP contribution in [0.2, 0.25) is 0 Å². The van der Waals surface area contributed by atoms with Crippen LogP contribution >= 0.6 is 0 Å². The van der Waals surface area contributed by atoms with Gasteiger partial charge in [0.1, 0.15) is 6.26 Å². The fourth-order valence-electron chi connectivity index (χ4n) is 4.13. The molecule has 1 aliphatic rings. The van der Waals surface area contributed by atoms with Crippen LogP contribution in [0.15, 0.2) is 71.4 Å². The molecule has 4 rings (SSSR count). The van der Waals surface area contributed by atoms with E-state index in [0.29, 0.717) is 19.5 Å². The van der Waals surface area contributed by atoms with E-state index in [4.69, 9.17) is 0 Å². The maximum atomic E-state index is 13.5. The van der Waals surface area contributed by atoms with Crippen molar-refractivity contribution < 1.29 is 27.3 Å². The summed E-state index contributed by atoms with van der Waals surface area (Å²) in [5.41, 5.74) is 0.270. The smallest absolute Gasteiger partial charge is 0.381 e. The highest BCUT2D eigenvalue weighted by molar-refractivity contribution is 5.94. The molecule has 2 heterocycles. The Morgan fingerprint density at radius 1 is 1.06 bits per heavy atom. The fourth-order valence-corrected chi connectivity index (χ4v) is 4.13. The Morgan fingerprint density at radius 2 is 1.79 bits per heavy atom. The van der Waals surface area contributed by atoms with E-state index < -0.39 is 17.6 Å². The van der Waals surface area contributed by atoms with Gasteiger partial charge in [0, 0.05) is 36.8 Å². The van der Waals surface area contributed by atoms with Crippen molar-refractivity contribution in [2.75, 3.05) is 25.0 Å². The lowest BCUT2D eigenvalue weighted by Crippen LogP contribution is -2.50. The molecule has 0 aliphatic carbocycles. The number of hydrogen-bond acceptors (Lipinski definition) is 5. The Balaban J connectivity index is 1.49. The Hall–Kier alpha value is -3.82. The molecule has 0 bridgehead atoms. The van der Waals surface area contributed by atoms with E-state index in [-0.39, 0.29) is 35.8 Å². The largest absolute Gasteiger partial charge is 0.418 e. The highest BCUT2D eigenvalue weighted by Gasteiger charge is 2.36. The summed E-state index contributed by atoms with van der Waals surface area (Å²) in [6.45, 7) is 0.421. The number of likely N-dealkylation sites (tertiary alicyclic amines) is 1. The van der Waals surface area contributed by atoms with Crippen LogP contribution in [0.25, 0.3) is 0 Å². The van der Waals surface area contributed by atoms with Crippen molar-refractivity contribution in [3.05, 3.63) is 83.7 Å². The third-order valence-corrected chi connectivity index (χ3v) is 5.84. The van der Waals surface area contributed by atoms with Crippen molar-refractivity contribution in [2.45, 2.75) is 24.6 Å². The van der Waals surface area contributed by atoms with Gasteiger partial charge < -0.3 is 20.1 Å². The zero-order valence-electron chi connectivity index (χ0n) is 18.1. The summed E-state index contributed by atoms with van der Waals surface area (Å²) in [6.07, 6.45) is -2.78. The van der Waals surface area contributed by atoms with Crippen molar-refractivity contribution in [1.29, 1.82) is 0 Å². The first-order chi connectivity index (χ1) is 16.3. The number of carbonyl (C=O) groups excluding carboxylic acids is 2. The van der Waals surface area contributed by atoms with E-state index in [1.54, 1.807) is 11.0 Å². The first-order valence-electron chi connectivity index (χ1n) is 10.8. The van der Waals surface area contributed by atoms with Crippen LogP contribution in [0.3, 0.4) is 0 Å². The molecule has 7 nitrogen and oxygen atoms in total. The van der Waals surface area contributed by atoms with Gasteiger partial charge in [-0.1, -0.05) is 47.6 Å². The first kappa shape index (κ1) is 23.3. The molecule has 3 aromatic rings. The summed E-state index contributed by atoms with van der Waals surface area (Å²) in [4.78, 5) is 26.5. The van der Waals surface area contributed by atoms with Crippen LogP contribution < -0.4 is 10.6 Å². The van der Waals surface area contributed by atoms with Crippen molar-refractivity contribution in [1.82, 2.24) is 15.4 Å². The second kappa shape index (κ2) is 9.98. The molecule has 1 saturated heterocycles. The zero-order valence-corrected chi connectivity index (χ0v) is 18.1. The van der Waals surface area contributed by atoms with E-state index in [1.807, 2.05) is 30.3 Å². The number of amides is 2. The van der Waals surface area contributed by atoms with Crippen molar-refractivity contribution in [3.63, 3.8) is 0 Å². The summed E-state index contributed by atoms with van der Waals surface area (Å²) in [5.74, 6) is -1.06. The molecule has 0 spiro atoms. The number of alkyl halides is 3. The molecule has 2 N–H and O–H groups in total. The number of rotatable bonds is 6. The molecule has 1 fully saturated rings. The van der Waals surface area contributed by atoms with Crippen LogP contribution in [-0.2, 0) is 11.0 Å². The Kier molecular flexibility index (Phi) is 6.85. The molecule has 1 aromatic heterocycles. The van der Waals surface area contributed by atoms with Gasteiger partial charge in [-0.25, -0.2) is 0 Å². The molecule has 2 aromatic carbocycles. The number of hydrogen-bond donors (Lipinski definition) is 2. The van der Waals surface area contributed by atoms with Crippen molar-refractivity contribution in [3.8, 4) is 0 Å². The lowest BCUT2D eigenvalue weighted by molar-refractivity contribution is -0.137. The van der Waals surface area contributed by atoms with Gasteiger partial charge in [-0.3, -0.25) is 9.59 Å². The monoisotopic (exact) mass is 472 g/mol. The average molecular weight is 472 g/mol. The number of anilines is 1. The second-order valence-electron chi connectivity index (χ2n) is 8.01. The second-order valence-corrected chi connectivity index (χ2v) is 8.01. The van der Waals surface area contributed by atoms with E-state index in [0.717, 1.165) is 11.6 Å². The quantitative estimate of drug-likeness (QED) is 0.568. The molecular formula is C24H23F3N4O3. The predicted octanol–water partition coefficient (Wildman–Crippen LogP) is 3.92. The van der Waals surface area contributed by atoms with Crippen LogP contribution in [0.1, 0.15) is 34.0 Å². The van der Waals surface area contributed by atoms with Gasteiger partial charge in [0.25, 0.3) is 5.91 Å². The minimum atomic E-state index is -4.48. The molecule has 2 unspecified atom stereocenters. The normalized spacial score (nSPS) is 18.4. The number of carbonyl (C=O) groups is 2. The van der Waals surface area contributed by atoms with E-state index >= 15 is 0 Å². The summed E-state index contributed by atoms with van der Waals surface area (Å²) in [6, 6.07) is 15.8. The zero-order chi connectivity index (χ0) is 24.1. The lowest BCUT2D eigenvalue weighted by Gasteiger charge is -2.40. The predicted molar refractivity (Wildman–Crippen MR) is 118 cm³/mol. The number of benzene rings is 2. The molecule has 2 amide bonds. The maximum Gasteiger partial charge on any atom is 0.418 e. The van der Waals surface area contributed by atoms with Gasteiger partial charge in [0.15, 0.2) is 5.69 Å². The highest BCUT2D eigenvalue weighted by atomic mass is 19.4. The van der Waals surface area contributed by atoms with Crippen LogP contribution in [-0.4, -0.2) is 47.5 Å². The van der Waals surface area contributed by atoms with Crippen LogP contribution in [0, 0.1) is 0 Å². The topological polar surface area (TPSA) is 87.5 Å². The van der Waals surface area contributed by atoms with Crippen molar-refractivity contribution >= 4 is 17.5 Å². The number of halogens is 3. The lowest BCUT2D eigenvalue weighted by atomic mass is 9.85. The molecule has 1 aliphatic heterocycles. The van der Waals surface area contributed by atoms with Gasteiger partial charge in [0.2, 0.25) is 5.91 Å². The maximum absolute atomic E-state index is 13.5. The molecule has 0 radical (unpaired) electrons. The number of aromatic nitrogens is 1. The number of nitrogens with zero attached hydrogens (tertiary/aromatic N) is 2. The highest BCUT2D eigenvalue weighted by Crippen LogP contribution is 2.37. The summed E-state index contributed by atoms with van der Waals surface area (Å²) >= 11 is 0. The van der Waals surface area contributed by atoms with Gasteiger partial charge in [-0.15, -0.1) is 0 Å². The SMILES string of the molecule is O=C(NCC(=O)N1CCC(Nc2ccccc2C(F)(F)F)C(c2ccccc2)C1)c1ccon1. The Labute approximate surface area is 193 Å². The van der Waals surface area contributed by atoms with Gasteiger partial charge in [-0.2, -0.15) is 13.2 Å². The third kappa shape index (κ3) is 5.38. The molecule has 0 saturated carbocycles. The molecule has 34 heavy (non-hydrogen) atoms. The summed E-state index contributed by atoms with van der Waals surface area (Å²) < 4.78 is 45.1. The molecule has 178 valence electrons. The van der Waals surface area contributed by atoms with Gasteiger partial charge >= 0.3 is 6.18 Å². The first-order valence-corrected chi connectivity index (χ1v) is 10.8. The molecule has 2 atom stereocenters. The minimum absolute atomic E-state index is 0.0144. The van der Waals surface area contributed by atoms with Gasteiger partial charge in [-0.05, 0) is 24.1 Å². The molecular weight excluding hydrogens is 449 g/mol. The minimum Gasteiger partial charge on any atom is -0.381 e. The van der Waals surface area contributed by atoms with E-state index in [2.05, 4.69) is 20.3 Å². The number of para-hydroxylation sites is 1. The standard InChI is InChI=1S/C24H23F3N4O3/c25-24(26,27)18-8-4-5-9-20(18)29-19-10-12-31(15-17(19)16-6-2-1-3-7-16)22(32)14-28-23(33)21-11-13-34-30-21/h1-9,11,13,17,19,29H,10,12,14-15H2,(H,28,33). The Bertz CT molecular complexity index is 1120. The summed E-state index contributed by atoms with van der Waals surface area (Å²) in [5, 5.41) is 9.14. The number of nitrogens with one attached hydrogen (secondary N) is 2. The van der Waals surface area contributed by atoms with Crippen LogP contribution in [0.4, 0.5) is 18.9 Å². The van der Waals surface area contributed by atoms with E-state index in [1.165, 1.54) is 24.5 Å². The third-order valence-electron chi connectivity index (χ3n) is 5.84. The molecule has 10 heteroatoms. The summed E-state index contributed by atoms with van der Waals surface area (Å²) in [7, 11) is 0. The van der Waals surface area contributed by atoms with Crippen LogP contribution in [0.5, 0.6) is 0 Å².